The number of hydrogen-bond donors (Lipinski definition) is 2. The normalized spacial score (nSPS) is 12.0. The van der Waals surface area contributed by atoms with Crippen LogP contribution in [0.5, 0.6) is 0 Å². The van der Waals surface area contributed by atoms with Crippen LogP contribution in [-0.2, 0) is 4.74 Å². The van der Waals surface area contributed by atoms with E-state index in [0.29, 0.717) is 11.5 Å². The summed E-state index contributed by atoms with van der Waals surface area (Å²) in [7, 11) is 1.49. The fraction of sp³-hybridized carbons (Fsp3) is 0.286. The van der Waals surface area contributed by atoms with Crippen molar-refractivity contribution in [2.75, 3.05) is 13.7 Å². The Balaban J connectivity index is 4.00. The van der Waals surface area contributed by atoms with E-state index in [0.717, 1.165) is 0 Å². The fourth-order valence-electron chi connectivity index (χ4n) is 0.344. The summed E-state index contributed by atoms with van der Waals surface area (Å²) in [6.07, 6.45) is 2.61. The minimum absolute atomic E-state index is 0.190. The third-order valence-electron chi connectivity index (χ3n) is 0.991. The lowest BCUT2D eigenvalue weighted by molar-refractivity contribution is 0.318. The van der Waals surface area contributed by atoms with E-state index in [-0.39, 0.29) is 6.61 Å². The van der Waals surface area contributed by atoms with E-state index in [4.69, 9.17) is 15.6 Å². The first-order valence-corrected chi connectivity index (χ1v) is 3.03. The smallest absolute Gasteiger partial charge is 0.129 e. The number of rotatable bonds is 4. The van der Waals surface area contributed by atoms with Crippen molar-refractivity contribution in [1.29, 1.82) is 0 Å². The van der Waals surface area contributed by atoms with Crippen molar-refractivity contribution in [1.82, 2.24) is 0 Å². The van der Waals surface area contributed by atoms with Gasteiger partial charge in [0.15, 0.2) is 0 Å². The molecule has 0 atom stereocenters. The van der Waals surface area contributed by atoms with Crippen molar-refractivity contribution in [2.45, 2.75) is 0 Å². The lowest BCUT2D eigenvalue weighted by atomic mass is 10.5. The molecule has 0 amide bonds. The molecule has 0 saturated carbocycles. The molecule has 4 heteroatoms. The Morgan fingerprint density at radius 3 is 2.82 bits per heavy atom. The van der Waals surface area contributed by atoms with Gasteiger partial charge in [0.05, 0.1) is 25.6 Å². The molecule has 0 heterocycles. The molecule has 0 radical (unpaired) electrons. The number of hydrogen-bond acceptors (Lipinski definition) is 4. The zero-order chi connectivity index (χ0) is 8.69. The maximum absolute atomic E-state index is 8.58. The summed E-state index contributed by atoms with van der Waals surface area (Å²) < 4.78 is 4.70. The van der Waals surface area contributed by atoms with Gasteiger partial charge in [0.25, 0.3) is 0 Å². The lowest BCUT2D eigenvalue weighted by Crippen LogP contribution is -1.93. The molecule has 0 aliphatic rings. The molecular weight excluding hydrogens is 144 g/mol. The largest absolute Gasteiger partial charge is 0.496 e. The summed E-state index contributed by atoms with van der Waals surface area (Å²) in [6.45, 7) is 3.30. The highest BCUT2D eigenvalue weighted by Gasteiger charge is 1.88. The molecule has 0 rings (SSSR count). The highest BCUT2D eigenvalue weighted by molar-refractivity contribution is 5.75. The van der Waals surface area contributed by atoms with E-state index >= 15 is 0 Å². The summed E-state index contributed by atoms with van der Waals surface area (Å²) in [5.74, 6) is 0.415. The van der Waals surface area contributed by atoms with Gasteiger partial charge >= 0.3 is 0 Å². The van der Waals surface area contributed by atoms with Crippen LogP contribution in [0, 0.1) is 0 Å². The molecule has 62 valence electrons. The van der Waals surface area contributed by atoms with E-state index in [1.54, 1.807) is 0 Å². The van der Waals surface area contributed by atoms with Crippen LogP contribution in [0.2, 0.25) is 0 Å². The van der Waals surface area contributed by atoms with Gasteiger partial charge in [-0.25, -0.2) is 0 Å². The third-order valence-corrected chi connectivity index (χ3v) is 0.991. The minimum atomic E-state index is -0.190. The van der Waals surface area contributed by atoms with Crippen molar-refractivity contribution in [2.24, 2.45) is 10.7 Å². The Morgan fingerprint density at radius 1 is 1.82 bits per heavy atom. The second-order valence-corrected chi connectivity index (χ2v) is 1.74. The highest BCUT2D eigenvalue weighted by atomic mass is 16.5. The second kappa shape index (κ2) is 5.49. The first-order valence-electron chi connectivity index (χ1n) is 3.03. The van der Waals surface area contributed by atoms with Gasteiger partial charge in [-0.3, -0.25) is 4.99 Å². The Bertz CT molecular complexity index is 185. The summed E-state index contributed by atoms with van der Waals surface area (Å²) in [5.41, 5.74) is 5.48. The molecule has 0 aromatic rings. The molecule has 0 aliphatic heterocycles. The first-order chi connectivity index (χ1) is 5.24. The average molecular weight is 156 g/mol. The van der Waals surface area contributed by atoms with E-state index < -0.39 is 0 Å². The molecule has 0 aromatic heterocycles. The SMILES string of the molecule is C=C(C=N/C(=C\N)CO)OC. The molecule has 0 aromatic carbocycles. The molecule has 0 bridgehead atoms. The summed E-state index contributed by atoms with van der Waals surface area (Å²) in [4.78, 5) is 3.77. The molecule has 11 heavy (non-hydrogen) atoms. The third kappa shape index (κ3) is 4.16. The van der Waals surface area contributed by atoms with Crippen LogP contribution in [0.3, 0.4) is 0 Å². The predicted octanol–water partition coefficient (Wildman–Crippen LogP) is 0.00970. The molecule has 4 nitrogen and oxygen atoms in total. The van der Waals surface area contributed by atoms with Crippen LogP contribution in [0.15, 0.2) is 29.2 Å². The molecule has 0 saturated heterocycles. The van der Waals surface area contributed by atoms with Crippen molar-refractivity contribution in [3.8, 4) is 0 Å². The molecule has 0 unspecified atom stereocenters. The number of ether oxygens (including phenoxy) is 1. The Labute approximate surface area is 65.7 Å². The van der Waals surface area contributed by atoms with E-state index in [1.165, 1.54) is 19.5 Å². The van der Waals surface area contributed by atoms with Crippen LogP contribution < -0.4 is 5.73 Å². The summed E-state index contributed by atoms with van der Waals surface area (Å²) in [5, 5.41) is 8.58. The number of aliphatic imine (C=N–C) groups is 1. The summed E-state index contributed by atoms with van der Waals surface area (Å²) >= 11 is 0. The molecule has 0 aliphatic carbocycles. The van der Waals surface area contributed by atoms with Crippen molar-refractivity contribution < 1.29 is 9.84 Å². The predicted molar refractivity (Wildman–Crippen MR) is 44.0 cm³/mol. The Hall–Kier alpha value is -1.29. The van der Waals surface area contributed by atoms with Gasteiger partial charge in [-0.1, -0.05) is 6.58 Å². The highest BCUT2D eigenvalue weighted by Crippen LogP contribution is 1.93. The number of aliphatic hydroxyl groups excluding tert-OH is 1. The van der Waals surface area contributed by atoms with Gasteiger partial charge < -0.3 is 15.6 Å². The lowest BCUT2D eigenvalue weighted by Gasteiger charge is -1.96. The Morgan fingerprint density at radius 2 is 2.45 bits per heavy atom. The van der Waals surface area contributed by atoms with E-state index in [1.807, 2.05) is 0 Å². The van der Waals surface area contributed by atoms with Crippen LogP contribution >= 0.6 is 0 Å². The van der Waals surface area contributed by atoms with Gasteiger partial charge in [-0.2, -0.15) is 0 Å². The average Bonchev–Trinajstić information content (AvgIpc) is 2.06. The maximum Gasteiger partial charge on any atom is 0.129 e. The van der Waals surface area contributed by atoms with Crippen LogP contribution in [0.4, 0.5) is 0 Å². The van der Waals surface area contributed by atoms with Crippen molar-refractivity contribution >= 4 is 6.21 Å². The zero-order valence-electron chi connectivity index (χ0n) is 6.45. The maximum atomic E-state index is 8.58. The first kappa shape index (κ1) is 9.71. The van der Waals surface area contributed by atoms with Crippen LogP contribution in [0.25, 0.3) is 0 Å². The second-order valence-electron chi connectivity index (χ2n) is 1.74. The topological polar surface area (TPSA) is 67.8 Å². The van der Waals surface area contributed by atoms with Gasteiger partial charge in [-0.15, -0.1) is 0 Å². The van der Waals surface area contributed by atoms with Crippen LogP contribution in [-0.4, -0.2) is 25.0 Å². The minimum Gasteiger partial charge on any atom is -0.496 e. The van der Waals surface area contributed by atoms with E-state index in [9.17, 15) is 0 Å². The summed E-state index contributed by atoms with van der Waals surface area (Å²) in [6, 6.07) is 0. The number of methoxy groups -OCH3 is 1. The quantitative estimate of drug-likeness (QED) is 0.445. The standard InChI is InChI=1S/C7H12N2O2/c1-6(11-2)4-9-7(3-8)5-10/h3-4,10H,1,5,8H2,2H3/b7-3-,9-4?. The van der Waals surface area contributed by atoms with Gasteiger partial charge in [0.2, 0.25) is 0 Å². The molecule has 0 fully saturated rings. The monoisotopic (exact) mass is 156 g/mol. The van der Waals surface area contributed by atoms with Gasteiger partial charge in [0, 0.05) is 6.20 Å². The molecular formula is C7H12N2O2. The number of allylic oxidation sites excluding steroid dienone is 1. The van der Waals surface area contributed by atoms with Crippen molar-refractivity contribution in [3.05, 3.63) is 24.2 Å². The Kier molecular flexibility index (Phi) is 4.85. The molecule has 0 spiro atoms. The number of nitrogens with zero attached hydrogens (tertiary/aromatic N) is 1. The van der Waals surface area contributed by atoms with Gasteiger partial charge in [-0.05, 0) is 0 Å². The number of nitrogens with two attached hydrogens (primary N) is 1. The van der Waals surface area contributed by atoms with Crippen molar-refractivity contribution in [3.63, 3.8) is 0 Å². The van der Waals surface area contributed by atoms with Gasteiger partial charge in [0.1, 0.15) is 5.76 Å². The number of aliphatic hydroxyl groups is 1. The van der Waals surface area contributed by atoms with Crippen LogP contribution in [0.1, 0.15) is 0 Å². The fourth-order valence-corrected chi connectivity index (χ4v) is 0.344. The van der Waals surface area contributed by atoms with E-state index in [2.05, 4.69) is 11.6 Å². The zero-order valence-corrected chi connectivity index (χ0v) is 6.45. The molecule has 3 N–H and O–H groups in total.